The molecule has 0 aromatic heterocycles. The van der Waals surface area contributed by atoms with Gasteiger partial charge in [0.1, 0.15) is 42.7 Å². The van der Waals surface area contributed by atoms with Gasteiger partial charge in [0, 0.05) is 12.0 Å². The molecule has 0 unspecified atom stereocenters. The van der Waals surface area contributed by atoms with Crippen LogP contribution in [0.4, 0.5) is 0 Å². The number of aliphatic hydroxyl groups excluding tert-OH is 5. The second-order valence-corrected chi connectivity index (χ2v) is 9.11. The van der Waals surface area contributed by atoms with E-state index in [-0.39, 0.29) is 6.61 Å². The second-order valence-electron chi connectivity index (χ2n) is 9.11. The van der Waals surface area contributed by atoms with Crippen LogP contribution in [-0.2, 0) is 28.5 Å². The molecule has 0 bridgehead atoms. The maximum absolute atomic E-state index is 12.3. The largest absolute Gasteiger partial charge is 0.472 e. The average molecular weight is 492 g/mol. The second kappa shape index (κ2) is 9.60. The predicted octanol–water partition coefficient (Wildman–Crippen LogP) is -1.33. The number of epoxide rings is 1. The fourth-order valence-corrected chi connectivity index (χ4v) is 5.11. The number of benzene rings is 1. The van der Waals surface area contributed by atoms with Crippen molar-refractivity contribution in [3.8, 4) is 0 Å². The summed E-state index contributed by atoms with van der Waals surface area (Å²) in [5.74, 6) is -1.67. The van der Waals surface area contributed by atoms with E-state index in [2.05, 4.69) is 0 Å². The third kappa shape index (κ3) is 4.39. The fraction of sp³-hybridized carbons (Fsp3) is 0.542. The highest BCUT2D eigenvalue weighted by Gasteiger charge is 2.76. The normalized spacial score (nSPS) is 43.9. The standard InChI is InChI=1S/C24H28O11/c25-10-14-18(28)19(29)20(30)23(33-14)34-22-16-13(8-9-31-22)17(27)21-24(16,35-21)11-32-15(26)7-6-12-4-2-1-3-5-12/h1-9,13-14,16-23,25,27-30H,10-11H2/b7-6+/t13-,14-,16-,17+,18-,19+,20-,21+,22+,23+,24-/m0/s1. The van der Waals surface area contributed by atoms with E-state index in [0.29, 0.717) is 0 Å². The zero-order valence-electron chi connectivity index (χ0n) is 18.6. The highest BCUT2D eigenvalue weighted by atomic mass is 16.8. The lowest BCUT2D eigenvalue weighted by Crippen LogP contribution is -2.60. The minimum atomic E-state index is -1.63. The molecule has 11 atom stereocenters. The first kappa shape index (κ1) is 24.3. The van der Waals surface area contributed by atoms with Crippen molar-refractivity contribution in [3.63, 3.8) is 0 Å². The Morgan fingerprint density at radius 2 is 1.80 bits per heavy atom. The van der Waals surface area contributed by atoms with Crippen molar-refractivity contribution in [2.45, 2.75) is 54.8 Å². The van der Waals surface area contributed by atoms with Gasteiger partial charge in [-0.15, -0.1) is 0 Å². The summed E-state index contributed by atoms with van der Waals surface area (Å²) in [5.41, 5.74) is -0.248. The number of carbonyl (C=O) groups is 1. The van der Waals surface area contributed by atoms with Crippen molar-refractivity contribution >= 4 is 12.0 Å². The first-order chi connectivity index (χ1) is 16.9. The quantitative estimate of drug-likeness (QED) is 0.174. The number of aliphatic hydroxyl groups is 5. The molecular weight excluding hydrogens is 464 g/mol. The van der Waals surface area contributed by atoms with Crippen LogP contribution in [0.3, 0.4) is 0 Å². The van der Waals surface area contributed by atoms with Crippen molar-refractivity contribution in [2.75, 3.05) is 13.2 Å². The molecule has 3 fully saturated rings. The lowest BCUT2D eigenvalue weighted by atomic mass is 9.85. The molecule has 1 aromatic rings. The monoisotopic (exact) mass is 492 g/mol. The van der Waals surface area contributed by atoms with Crippen LogP contribution < -0.4 is 0 Å². The van der Waals surface area contributed by atoms with E-state index >= 15 is 0 Å². The minimum absolute atomic E-state index is 0.167. The molecule has 1 aromatic carbocycles. The molecule has 2 saturated heterocycles. The van der Waals surface area contributed by atoms with Gasteiger partial charge in [0.2, 0.25) is 6.29 Å². The summed E-state index contributed by atoms with van der Waals surface area (Å²) in [4.78, 5) is 12.3. The Labute approximate surface area is 200 Å². The van der Waals surface area contributed by atoms with Crippen molar-refractivity contribution in [1.82, 2.24) is 0 Å². The molecule has 4 aliphatic rings. The molecule has 0 amide bonds. The third-order valence-electron chi connectivity index (χ3n) is 7.03. The summed E-state index contributed by atoms with van der Waals surface area (Å²) in [6.45, 7) is -0.776. The Balaban J connectivity index is 1.28. The molecule has 0 spiro atoms. The van der Waals surface area contributed by atoms with Gasteiger partial charge in [-0.2, -0.15) is 0 Å². The average Bonchev–Trinajstić information content (AvgIpc) is 3.56. The molecule has 190 valence electrons. The highest BCUT2D eigenvalue weighted by molar-refractivity contribution is 5.87. The summed E-state index contributed by atoms with van der Waals surface area (Å²) in [6.07, 6.45) is -4.06. The van der Waals surface area contributed by atoms with Gasteiger partial charge < -0.3 is 49.2 Å². The third-order valence-corrected chi connectivity index (χ3v) is 7.03. The lowest BCUT2D eigenvalue weighted by molar-refractivity contribution is -0.344. The number of fused-ring (bicyclic) bond motifs is 3. The highest BCUT2D eigenvalue weighted by Crippen LogP contribution is 2.60. The van der Waals surface area contributed by atoms with E-state index in [0.717, 1.165) is 5.56 Å². The van der Waals surface area contributed by atoms with Crippen LogP contribution in [0.1, 0.15) is 5.56 Å². The van der Waals surface area contributed by atoms with Crippen LogP contribution in [-0.4, -0.2) is 99.5 Å². The number of rotatable bonds is 7. The molecule has 11 nitrogen and oxygen atoms in total. The molecule has 5 N–H and O–H groups in total. The summed E-state index contributed by atoms with van der Waals surface area (Å²) in [6, 6.07) is 9.24. The van der Waals surface area contributed by atoms with Gasteiger partial charge in [0.15, 0.2) is 6.29 Å². The van der Waals surface area contributed by atoms with Crippen molar-refractivity contribution < 1.29 is 54.0 Å². The van der Waals surface area contributed by atoms with Gasteiger partial charge in [-0.1, -0.05) is 30.3 Å². The number of hydrogen-bond donors (Lipinski definition) is 5. The van der Waals surface area contributed by atoms with Crippen LogP contribution in [0.25, 0.3) is 6.08 Å². The first-order valence-electron chi connectivity index (χ1n) is 11.4. The molecular formula is C24H28O11. The molecule has 5 rings (SSSR count). The summed E-state index contributed by atoms with van der Waals surface area (Å²) in [7, 11) is 0. The molecule has 1 aliphatic carbocycles. The van der Waals surface area contributed by atoms with Gasteiger partial charge in [-0.05, 0) is 17.7 Å². The topological polar surface area (TPSA) is 168 Å². The van der Waals surface area contributed by atoms with E-state index < -0.39 is 79.2 Å². The molecule has 3 heterocycles. The van der Waals surface area contributed by atoms with Gasteiger partial charge in [0.25, 0.3) is 0 Å². The Kier molecular flexibility index (Phi) is 6.68. The van der Waals surface area contributed by atoms with Crippen LogP contribution in [0, 0.1) is 11.8 Å². The number of ether oxygens (including phenoxy) is 5. The van der Waals surface area contributed by atoms with Gasteiger partial charge in [-0.3, -0.25) is 0 Å². The summed E-state index contributed by atoms with van der Waals surface area (Å²) >= 11 is 0. The molecule has 3 aliphatic heterocycles. The zero-order chi connectivity index (χ0) is 24.7. The van der Waals surface area contributed by atoms with E-state index in [1.54, 1.807) is 12.2 Å². The molecule has 0 radical (unpaired) electrons. The van der Waals surface area contributed by atoms with E-state index in [1.165, 1.54) is 12.3 Å². The molecule has 11 heteroatoms. The number of carbonyl (C=O) groups excluding carboxylic acids is 1. The summed E-state index contributed by atoms with van der Waals surface area (Å²) in [5, 5.41) is 50.5. The van der Waals surface area contributed by atoms with E-state index in [1.807, 2.05) is 30.3 Å². The van der Waals surface area contributed by atoms with Crippen LogP contribution >= 0.6 is 0 Å². The maximum atomic E-state index is 12.3. The van der Waals surface area contributed by atoms with Crippen molar-refractivity contribution in [3.05, 3.63) is 54.3 Å². The first-order valence-corrected chi connectivity index (χ1v) is 11.4. The Bertz CT molecular complexity index is 965. The van der Waals surface area contributed by atoms with Gasteiger partial charge >= 0.3 is 5.97 Å². The number of hydrogen-bond acceptors (Lipinski definition) is 11. The Morgan fingerprint density at radius 3 is 2.54 bits per heavy atom. The lowest BCUT2D eigenvalue weighted by Gasteiger charge is -2.43. The Hall–Kier alpha value is -2.35. The van der Waals surface area contributed by atoms with Crippen molar-refractivity contribution in [2.24, 2.45) is 11.8 Å². The number of esters is 1. The zero-order valence-corrected chi connectivity index (χ0v) is 18.6. The minimum Gasteiger partial charge on any atom is -0.472 e. The van der Waals surface area contributed by atoms with Crippen LogP contribution in [0.2, 0.25) is 0 Å². The SMILES string of the molecule is O=C(/C=C/c1ccccc1)OC[C@@]12O[C@@H]1[C@H](O)[C@H]1C=CO[C@H](O[C@H]3O[C@@H](CO)[C@H](O)[C@@H](O)[C@@H]3O)[C@H]12. The van der Waals surface area contributed by atoms with Gasteiger partial charge in [-0.25, -0.2) is 4.79 Å². The Morgan fingerprint density at radius 1 is 1.03 bits per heavy atom. The van der Waals surface area contributed by atoms with Crippen LogP contribution in [0.15, 0.2) is 48.7 Å². The van der Waals surface area contributed by atoms with E-state index in [9.17, 15) is 30.3 Å². The van der Waals surface area contributed by atoms with Crippen molar-refractivity contribution in [1.29, 1.82) is 0 Å². The van der Waals surface area contributed by atoms with Gasteiger partial charge in [0.05, 0.1) is 24.9 Å². The fourth-order valence-electron chi connectivity index (χ4n) is 5.11. The van der Waals surface area contributed by atoms with Crippen LogP contribution in [0.5, 0.6) is 0 Å². The van der Waals surface area contributed by atoms with E-state index in [4.69, 9.17) is 23.7 Å². The maximum Gasteiger partial charge on any atom is 0.330 e. The molecule has 1 saturated carbocycles. The smallest absolute Gasteiger partial charge is 0.330 e. The predicted molar refractivity (Wildman–Crippen MR) is 116 cm³/mol. The molecule has 35 heavy (non-hydrogen) atoms. The summed E-state index contributed by atoms with van der Waals surface area (Å²) < 4.78 is 28.1.